The van der Waals surface area contributed by atoms with Crippen LogP contribution in [0.4, 0.5) is 0 Å². The monoisotopic (exact) mass is 227 g/mol. The van der Waals surface area contributed by atoms with Crippen LogP contribution in [0.3, 0.4) is 0 Å². The van der Waals surface area contributed by atoms with Gasteiger partial charge in [0.05, 0.1) is 5.69 Å². The number of carbonyl (C=O) groups excluding carboxylic acids is 2. The predicted octanol–water partition coefficient (Wildman–Crippen LogP) is 2.36. The van der Waals surface area contributed by atoms with Gasteiger partial charge in [0.15, 0.2) is 5.78 Å². The van der Waals surface area contributed by atoms with E-state index in [1.807, 2.05) is 24.3 Å². The van der Waals surface area contributed by atoms with Gasteiger partial charge in [-0.2, -0.15) is 0 Å². The number of nitrogens with zero attached hydrogens (tertiary/aromatic N) is 1. The summed E-state index contributed by atoms with van der Waals surface area (Å²) in [6.07, 6.45) is 2.70. The van der Waals surface area contributed by atoms with Crippen molar-refractivity contribution in [3.05, 3.63) is 35.5 Å². The third-order valence-electron chi connectivity index (χ3n) is 3.41. The topological polar surface area (TPSA) is 39.1 Å². The number of hydrogen-bond acceptors (Lipinski definition) is 2. The van der Waals surface area contributed by atoms with E-state index in [1.165, 1.54) is 0 Å². The van der Waals surface area contributed by atoms with Crippen LogP contribution in [-0.4, -0.2) is 16.6 Å². The van der Waals surface area contributed by atoms with E-state index in [0.717, 1.165) is 41.4 Å². The first-order chi connectivity index (χ1) is 8.33. The quantitative estimate of drug-likeness (QED) is 0.739. The van der Waals surface area contributed by atoms with E-state index in [1.54, 1.807) is 0 Å². The first-order valence-corrected chi connectivity index (χ1v) is 5.90. The van der Waals surface area contributed by atoms with Gasteiger partial charge in [-0.25, -0.2) is 0 Å². The van der Waals surface area contributed by atoms with Crippen molar-refractivity contribution >= 4 is 23.0 Å². The number of aryl methyl sites for hydroxylation is 1. The molecule has 0 amide bonds. The Bertz CT molecular complexity index is 610. The Kier molecular flexibility index (Phi) is 2.32. The molecule has 3 rings (SSSR count). The molecule has 0 N–H and O–H groups in total. The standard InChI is InChI=1S/C14H13NO2/c16-9-7-11-10-4-1-2-5-12(10)15-8-3-6-13(17)14(11)15/h1-2,4-5,9H,3,6-8H2. The van der Waals surface area contributed by atoms with Crippen LogP contribution in [0, 0.1) is 0 Å². The molecule has 3 nitrogen and oxygen atoms in total. The van der Waals surface area contributed by atoms with Crippen LogP contribution in [-0.2, 0) is 17.8 Å². The molecule has 0 radical (unpaired) electrons. The van der Waals surface area contributed by atoms with Gasteiger partial charge in [-0.15, -0.1) is 0 Å². The van der Waals surface area contributed by atoms with Crippen molar-refractivity contribution in [1.82, 2.24) is 4.57 Å². The molecule has 17 heavy (non-hydrogen) atoms. The zero-order valence-electron chi connectivity index (χ0n) is 9.48. The maximum atomic E-state index is 12.0. The van der Waals surface area contributed by atoms with Crippen LogP contribution < -0.4 is 0 Å². The highest BCUT2D eigenvalue weighted by molar-refractivity contribution is 6.04. The van der Waals surface area contributed by atoms with Crippen molar-refractivity contribution in [2.75, 3.05) is 0 Å². The number of fused-ring (bicyclic) bond motifs is 3. The highest BCUT2D eigenvalue weighted by Gasteiger charge is 2.24. The fourth-order valence-electron chi connectivity index (χ4n) is 2.73. The molecular formula is C14H13NO2. The summed E-state index contributed by atoms with van der Waals surface area (Å²) in [6, 6.07) is 7.94. The molecule has 0 spiro atoms. The maximum Gasteiger partial charge on any atom is 0.179 e. The molecule has 0 unspecified atom stereocenters. The third kappa shape index (κ3) is 1.42. The molecule has 2 aromatic rings. The zero-order valence-corrected chi connectivity index (χ0v) is 9.48. The van der Waals surface area contributed by atoms with E-state index in [4.69, 9.17) is 0 Å². The lowest BCUT2D eigenvalue weighted by Crippen LogP contribution is -2.17. The highest BCUT2D eigenvalue weighted by atomic mass is 16.1. The molecule has 0 aliphatic carbocycles. The Morgan fingerprint density at radius 2 is 2.12 bits per heavy atom. The molecule has 1 aromatic carbocycles. The lowest BCUT2D eigenvalue weighted by atomic mass is 10.0. The summed E-state index contributed by atoms with van der Waals surface area (Å²) in [4.78, 5) is 22.8. The normalized spacial score (nSPS) is 14.9. The third-order valence-corrected chi connectivity index (χ3v) is 3.41. The van der Waals surface area contributed by atoms with Gasteiger partial charge in [-0.3, -0.25) is 4.79 Å². The minimum absolute atomic E-state index is 0.171. The molecule has 0 saturated heterocycles. The lowest BCUT2D eigenvalue weighted by molar-refractivity contribution is -0.107. The van der Waals surface area contributed by atoms with E-state index < -0.39 is 0 Å². The molecule has 0 bridgehead atoms. The van der Waals surface area contributed by atoms with Gasteiger partial charge < -0.3 is 9.36 Å². The SMILES string of the molecule is O=CCc1c2n(c3ccccc13)CCCC2=O. The van der Waals surface area contributed by atoms with Crippen molar-refractivity contribution in [1.29, 1.82) is 0 Å². The smallest absolute Gasteiger partial charge is 0.179 e. The molecule has 1 aromatic heterocycles. The number of hydrogen-bond donors (Lipinski definition) is 0. The van der Waals surface area contributed by atoms with Gasteiger partial charge >= 0.3 is 0 Å². The number of benzene rings is 1. The van der Waals surface area contributed by atoms with Crippen molar-refractivity contribution in [2.24, 2.45) is 0 Å². The molecule has 1 aliphatic heterocycles. The summed E-state index contributed by atoms with van der Waals surface area (Å²) in [6.45, 7) is 0.875. The summed E-state index contributed by atoms with van der Waals surface area (Å²) >= 11 is 0. The second-order valence-electron chi connectivity index (χ2n) is 4.39. The molecule has 86 valence electrons. The Balaban J connectivity index is 2.38. The van der Waals surface area contributed by atoms with E-state index in [-0.39, 0.29) is 5.78 Å². The van der Waals surface area contributed by atoms with E-state index in [2.05, 4.69) is 4.57 Å². The molecule has 1 aliphatic rings. The van der Waals surface area contributed by atoms with Crippen LogP contribution >= 0.6 is 0 Å². The average molecular weight is 227 g/mol. The molecule has 2 heterocycles. The first kappa shape index (κ1) is 10.3. The zero-order chi connectivity index (χ0) is 11.8. The average Bonchev–Trinajstić information content (AvgIpc) is 2.67. The van der Waals surface area contributed by atoms with Gasteiger partial charge in [0.2, 0.25) is 0 Å². The second-order valence-corrected chi connectivity index (χ2v) is 4.39. The van der Waals surface area contributed by atoms with Crippen LogP contribution in [0.25, 0.3) is 10.9 Å². The first-order valence-electron chi connectivity index (χ1n) is 5.90. The predicted molar refractivity (Wildman–Crippen MR) is 65.3 cm³/mol. The minimum atomic E-state index is 0.171. The summed E-state index contributed by atoms with van der Waals surface area (Å²) in [5.41, 5.74) is 2.73. The number of Topliss-reactive ketones (excluding diaryl/α,β-unsaturated/α-hetero) is 1. The maximum absolute atomic E-state index is 12.0. The molecule has 0 atom stereocenters. The Labute approximate surface area is 99.0 Å². The fraction of sp³-hybridized carbons (Fsp3) is 0.286. The Morgan fingerprint density at radius 3 is 2.94 bits per heavy atom. The van der Waals surface area contributed by atoms with Crippen molar-refractivity contribution in [3.8, 4) is 0 Å². The van der Waals surface area contributed by atoms with Gasteiger partial charge in [0.1, 0.15) is 6.29 Å². The Hall–Kier alpha value is -1.90. The number of carbonyl (C=O) groups is 2. The second kappa shape index (κ2) is 3.84. The van der Waals surface area contributed by atoms with Gasteiger partial charge in [-0.05, 0) is 18.1 Å². The number of ketones is 1. The van der Waals surface area contributed by atoms with E-state index in [9.17, 15) is 9.59 Å². The molecular weight excluding hydrogens is 214 g/mol. The number of aldehydes is 1. The van der Waals surface area contributed by atoms with Crippen LogP contribution in [0.2, 0.25) is 0 Å². The van der Waals surface area contributed by atoms with Crippen molar-refractivity contribution in [2.45, 2.75) is 25.8 Å². The van der Waals surface area contributed by atoms with Gasteiger partial charge in [0.25, 0.3) is 0 Å². The summed E-state index contributed by atoms with van der Waals surface area (Å²) in [5.74, 6) is 0.171. The van der Waals surface area contributed by atoms with Crippen LogP contribution in [0.15, 0.2) is 24.3 Å². The summed E-state index contributed by atoms with van der Waals surface area (Å²) < 4.78 is 2.07. The van der Waals surface area contributed by atoms with Gasteiger partial charge in [0, 0.05) is 30.3 Å². The number of para-hydroxylation sites is 1. The molecule has 0 saturated carbocycles. The van der Waals surface area contributed by atoms with Crippen molar-refractivity contribution in [3.63, 3.8) is 0 Å². The minimum Gasteiger partial charge on any atom is -0.338 e. The molecule has 3 heteroatoms. The fourth-order valence-corrected chi connectivity index (χ4v) is 2.73. The largest absolute Gasteiger partial charge is 0.338 e. The van der Waals surface area contributed by atoms with Crippen LogP contribution in [0.1, 0.15) is 28.9 Å². The Morgan fingerprint density at radius 1 is 1.29 bits per heavy atom. The van der Waals surface area contributed by atoms with Gasteiger partial charge in [-0.1, -0.05) is 18.2 Å². The van der Waals surface area contributed by atoms with Crippen LogP contribution in [0.5, 0.6) is 0 Å². The summed E-state index contributed by atoms with van der Waals surface area (Å²) in [5, 5.41) is 1.05. The van der Waals surface area contributed by atoms with E-state index >= 15 is 0 Å². The lowest BCUT2D eigenvalue weighted by Gasteiger charge is -2.15. The van der Waals surface area contributed by atoms with E-state index in [0.29, 0.717) is 12.8 Å². The van der Waals surface area contributed by atoms with Crippen molar-refractivity contribution < 1.29 is 9.59 Å². The molecule has 0 fully saturated rings. The number of aromatic nitrogens is 1. The number of rotatable bonds is 2. The summed E-state index contributed by atoms with van der Waals surface area (Å²) in [7, 11) is 0. The highest BCUT2D eigenvalue weighted by Crippen LogP contribution is 2.30.